The standard InChI is InChI=1S/C10H11BrFNO2/c1-6-4-7(11)8(12)5-9(6)13-3-2-10(14)15/h4-5,13H,2-3H2,1H3,(H,14,15). The maximum absolute atomic E-state index is 13.1. The first kappa shape index (κ1) is 12.0. The van der Waals surface area contributed by atoms with E-state index < -0.39 is 5.97 Å². The Kier molecular flexibility index (Phi) is 4.08. The molecular weight excluding hydrogens is 265 g/mol. The first-order chi connectivity index (χ1) is 7.00. The number of aliphatic carboxylic acids is 1. The molecule has 0 aliphatic heterocycles. The summed E-state index contributed by atoms with van der Waals surface area (Å²) >= 11 is 3.07. The molecule has 0 bridgehead atoms. The molecule has 15 heavy (non-hydrogen) atoms. The number of carbonyl (C=O) groups is 1. The molecule has 1 aromatic carbocycles. The van der Waals surface area contributed by atoms with E-state index in [1.54, 1.807) is 6.07 Å². The Morgan fingerprint density at radius 3 is 2.87 bits per heavy atom. The lowest BCUT2D eigenvalue weighted by Crippen LogP contribution is -2.08. The summed E-state index contributed by atoms with van der Waals surface area (Å²) in [6, 6.07) is 3.00. The second kappa shape index (κ2) is 5.11. The molecule has 5 heteroatoms. The number of halogens is 2. The quantitative estimate of drug-likeness (QED) is 0.889. The molecule has 0 aliphatic carbocycles. The lowest BCUT2D eigenvalue weighted by molar-refractivity contribution is -0.136. The van der Waals surface area contributed by atoms with E-state index in [-0.39, 0.29) is 18.8 Å². The van der Waals surface area contributed by atoms with E-state index in [1.807, 2.05) is 6.92 Å². The van der Waals surface area contributed by atoms with Crippen LogP contribution in [0.4, 0.5) is 10.1 Å². The molecular formula is C10H11BrFNO2. The Hall–Kier alpha value is -1.10. The van der Waals surface area contributed by atoms with Crippen molar-refractivity contribution in [2.24, 2.45) is 0 Å². The number of carboxylic acids is 1. The summed E-state index contributed by atoms with van der Waals surface area (Å²) in [5.74, 6) is -1.24. The Labute approximate surface area is 95.4 Å². The molecule has 0 saturated carbocycles. The van der Waals surface area contributed by atoms with E-state index in [9.17, 15) is 9.18 Å². The van der Waals surface area contributed by atoms with Gasteiger partial charge in [-0.2, -0.15) is 0 Å². The van der Waals surface area contributed by atoms with Gasteiger partial charge >= 0.3 is 5.97 Å². The molecule has 1 aromatic rings. The van der Waals surface area contributed by atoms with Crippen LogP contribution in [0.2, 0.25) is 0 Å². The summed E-state index contributed by atoms with van der Waals surface area (Å²) in [5, 5.41) is 11.3. The fourth-order valence-corrected chi connectivity index (χ4v) is 1.60. The Morgan fingerprint density at radius 2 is 2.27 bits per heavy atom. The van der Waals surface area contributed by atoms with Crippen LogP contribution in [0.25, 0.3) is 0 Å². The van der Waals surface area contributed by atoms with Crippen LogP contribution in [0.15, 0.2) is 16.6 Å². The molecule has 0 unspecified atom stereocenters. The fourth-order valence-electron chi connectivity index (χ4n) is 1.14. The van der Waals surface area contributed by atoms with Crippen molar-refractivity contribution in [3.05, 3.63) is 28.0 Å². The van der Waals surface area contributed by atoms with Crippen molar-refractivity contribution < 1.29 is 14.3 Å². The summed E-state index contributed by atoms with van der Waals surface area (Å²) < 4.78 is 13.5. The fraction of sp³-hybridized carbons (Fsp3) is 0.300. The van der Waals surface area contributed by atoms with Crippen LogP contribution in [0.5, 0.6) is 0 Å². The van der Waals surface area contributed by atoms with Crippen molar-refractivity contribution in [2.45, 2.75) is 13.3 Å². The third-order valence-corrected chi connectivity index (χ3v) is 2.53. The van der Waals surface area contributed by atoms with Crippen LogP contribution in [0.3, 0.4) is 0 Å². The second-order valence-corrected chi connectivity index (χ2v) is 4.01. The highest BCUT2D eigenvalue weighted by Crippen LogP contribution is 2.23. The lowest BCUT2D eigenvalue weighted by Gasteiger charge is -2.09. The van der Waals surface area contributed by atoms with Gasteiger partial charge in [-0.15, -0.1) is 0 Å². The first-order valence-electron chi connectivity index (χ1n) is 4.42. The molecule has 82 valence electrons. The van der Waals surface area contributed by atoms with Crippen LogP contribution in [-0.2, 0) is 4.79 Å². The van der Waals surface area contributed by atoms with Crippen LogP contribution in [0, 0.1) is 12.7 Å². The highest BCUT2D eigenvalue weighted by atomic mass is 79.9. The average Bonchev–Trinajstić information content (AvgIpc) is 2.13. The molecule has 0 saturated heterocycles. The molecule has 0 spiro atoms. The number of carboxylic acid groups (broad SMARTS) is 1. The van der Waals surface area contributed by atoms with Crippen molar-refractivity contribution in [3.8, 4) is 0 Å². The molecule has 3 nitrogen and oxygen atoms in total. The Balaban J connectivity index is 2.69. The maximum atomic E-state index is 13.1. The van der Waals surface area contributed by atoms with Crippen LogP contribution in [0.1, 0.15) is 12.0 Å². The number of hydrogen-bond acceptors (Lipinski definition) is 2. The van der Waals surface area contributed by atoms with E-state index in [0.717, 1.165) is 5.56 Å². The van der Waals surface area contributed by atoms with Gasteiger partial charge in [0, 0.05) is 12.2 Å². The number of nitrogens with one attached hydrogen (secondary N) is 1. The molecule has 1 rings (SSSR count). The molecule has 0 fully saturated rings. The highest BCUT2D eigenvalue weighted by molar-refractivity contribution is 9.10. The molecule has 0 atom stereocenters. The summed E-state index contributed by atoms with van der Waals surface area (Å²) in [6.45, 7) is 2.12. The summed E-state index contributed by atoms with van der Waals surface area (Å²) in [7, 11) is 0. The second-order valence-electron chi connectivity index (χ2n) is 3.15. The van der Waals surface area contributed by atoms with Crippen molar-refractivity contribution in [3.63, 3.8) is 0 Å². The van der Waals surface area contributed by atoms with Gasteiger partial charge in [-0.05, 0) is 40.5 Å². The minimum Gasteiger partial charge on any atom is -0.481 e. The lowest BCUT2D eigenvalue weighted by atomic mass is 10.2. The topological polar surface area (TPSA) is 49.3 Å². The number of benzene rings is 1. The van der Waals surface area contributed by atoms with Gasteiger partial charge in [-0.25, -0.2) is 4.39 Å². The number of aryl methyl sites for hydroxylation is 1. The number of anilines is 1. The smallest absolute Gasteiger partial charge is 0.305 e. The third-order valence-electron chi connectivity index (χ3n) is 1.92. The Bertz CT molecular complexity index is 382. The van der Waals surface area contributed by atoms with Gasteiger partial charge in [0.25, 0.3) is 0 Å². The largest absolute Gasteiger partial charge is 0.481 e. The minimum atomic E-state index is -0.877. The molecule has 0 heterocycles. The van der Waals surface area contributed by atoms with Crippen molar-refractivity contribution in [2.75, 3.05) is 11.9 Å². The predicted molar refractivity (Wildman–Crippen MR) is 59.6 cm³/mol. The van der Waals surface area contributed by atoms with Gasteiger partial charge in [-0.3, -0.25) is 4.79 Å². The van der Waals surface area contributed by atoms with Crippen molar-refractivity contribution in [1.82, 2.24) is 0 Å². The van der Waals surface area contributed by atoms with Gasteiger partial charge in [-0.1, -0.05) is 0 Å². The van der Waals surface area contributed by atoms with Gasteiger partial charge < -0.3 is 10.4 Å². The van der Waals surface area contributed by atoms with Crippen LogP contribution in [-0.4, -0.2) is 17.6 Å². The molecule has 0 aromatic heterocycles. The van der Waals surface area contributed by atoms with E-state index in [0.29, 0.717) is 10.2 Å². The predicted octanol–water partition coefficient (Wildman–Crippen LogP) is 2.78. The van der Waals surface area contributed by atoms with Crippen LogP contribution >= 0.6 is 15.9 Å². The zero-order valence-electron chi connectivity index (χ0n) is 8.18. The summed E-state index contributed by atoms with van der Waals surface area (Å²) in [6.07, 6.45) is 0.0110. The Morgan fingerprint density at radius 1 is 1.60 bits per heavy atom. The third kappa shape index (κ3) is 3.51. The highest BCUT2D eigenvalue weighted by Gasteiger charge is 2.05. The van der Waals surface area contributed by atoms with Crippen molar-refractivity contribution in [1.29, 1.82) is 0 Å². The molecule has 2 N–H and O–H groups in total. The van der Waals surface area contributed by atoms with Gasteiger partial charge in [0.1, 0.15) is 5.82 Å². The average molecular weight is 276 g/mol. The van der Waals surface area contributed by atoms with Gasteiger partial charge in [0.15, 0.2) is 0 Å². The van der Waals surface area contributed by atoms with E-state index in [1.165, 1.54) is 6.07 Å². The maximum Gasteiger partial charge on any atom is 0.305 e. The van der Waals surface area contributed by atoms with E-state index >= 15 is 0 Å². The number of hydrogen-bond donors (Lipinski definition) is 2. The van der Waals surface area contributed by atoms with Crippen LogP contribution < -0.4 is 5.32 Å². The van der Waals surface area contributed by atoms with E-state index in [4.69, 9.17) is 5.11 Å². The molecule has 0 aliphatic rings. The molecule has 0 amide bonds. The SMILES string of the molecule is Cc1cc(Br)c(F)cc1NCCC(=O)O. The normalized spacial score (nSPS) is 10.1. The van der Waals surface area contributed by atoms with Crippen molar-refractivity contribution >= 4 is 27.6 Å². The van der Waals surface area contributed by atoms with E-state index in [2.05, 4.69) is 21.2 Å². The minimum absolute atomic E-state index is 0.0110. The van der Waals surface area contributed by atoms with Gasteiger partial charge in [0.2, 0.25) is 0 Å². The summed E-state index contributed by atoms with van der Waals surface area (Å²) in [4.78, 5) is 10.3. The zero-order chi connectivity index (χ0) is 11.4. The summed E-state index contributed by atoms with van der Waals surface area (Å²) in [5.41, 5.74) is 1.49. The first-order valence-corrected chi connectivity index (χ1v) is 5.21. The number of rotatable bonds is 4. The monoisotopic (exact) mass is 275 g/mol. The van der Waals surface area contributed by atoms with Gasteiger partial charge in [0.05, 0.1) is 10.9 Å². The zero-order valence-corrected chi connectivity index (χ0v) is 9.77. The molecule has 0 radical (unpaired) electrons.